The monoisotopic (exact) mass is 331 g/mol. The van der Waals surface area contributed by atoms with Crippen LogP contribution in [-0.4, -0.2) is 68.0 Å². The lowest BCUT2D eigenvalue weighted by molar-refractivity contribution is -0.128. The van der Waals surface area contributed by atoms with Gasteiger partial charge in [0.1, 0.15) is 12.4 Å². The Morgan fingerprint density at radius 3 is 2.83 bits per heavy atom. The fraction of sp³-hybridized carbons (Fsp3) is 0.444. The molecule has 1 aromatic rings. The Morgan fingerprint density at radius 2 is 2.12 bits per heavy atom. The molecule has 1 N–H and O–H groups in total. The highest BCUT2D eigenvalue weighted by molar-refractivity contribution is 5.89. The van der Waals surface area contributed by atoms with Gasteiger partial charge in [0, 0.05) is 25.6 Å². The van der Waals surface area contributed by atoms with Crippen molar-refractivity contribution in [1.29, 1.82) is 0 Å². The first-order chi connectivity index (χ1) is 11.5. The number of ether oxygens (including phenoxy) is 1. The van der Waals surface area contributed by atoms with E-state index in [9.17, 15) is 9.59 Å². The van der Waals surface area contributed by atoms with Crippen LogP contribution < -0.4 is 10.1 Å². The number of likely N-dealkylation sites (tertiary alicyclic amines) is 1. The molecule has 24 heavy (non-hydrogen) atoms. The van der Waals surface area contributed by atoms with E-state index in [1.807, 2.05) is 49.3 Å². The third kappa shape index (κ3) is 6.04. The van der Waals surface area contributed by atoms with Crippen LogP contribution in [0.5, 0.6) is 5.75 Å². The van der Waals surface area contributed by atoms with Crippen molar-refractivity contribution in [3.8, 4) is 5.75 Å². The van der Waals surface area contributed by atoms with E-state index in [1.165, 1.54) is 6.08 Å². The highest BCUT2D eigenvalue weighted by Crippen LogP contribution is 2.12. The summed E-state index contributed by atoms with van der Waals surface area (Å²) in [7, 11) is 3.88. The molecule has 1 saturated heterocycles. The molecule has 1 heterocycles. The number of benzene rings is 1. The van der Waals surface area contributed by atoms with E-state index in [1.54, 1.807) is 11.0 Å². The molecule has 130 valence electrons. The minimum atomic E-state index is -0.156. The molecule has 0 bridgehead atoms. The summed E-state index contributed by atoms with van der Waals surface area (Å²) in [5, 5.41) is 2.87. The standard InChI is InChI=1S/C18H25N3O3/c1-20(2)10-6-9-17(22)19-15-13-18(23)21(14-15)11-12-24-16-7-4-3-5-8-16/h3-9,15H,10-14H2,1-2H3,(H,19,22)/b9-6+. The molecule has 1 unspecified atom stereocenters. The largest absolute Gasteiger partial charge is 0.492 e. The molecule has 2 rings (SSSR count). The summed E-state index contributed by atoms with van der Waals surface area (Å²) < 4.78 is 5.61. The second-order valence-corrected chi connectivity index (χ2v) is 6.08. The minimum absolute atomic E-state index is 0.0502. The van der Waals surface area contributed by atoms with Crippen LogP contribution in [0.2, 0.25) is 0 Å². The quantitative estimate of drug-likeness (QED) is 0.719. The molecule has 1 atom stereocenters. The predicted octanol–water partition coefficient (Wildman–Crippen LogP) is 0.900. The number of carbonyl (C=O) groups excluding carboxylic acids is 2. The number of hydrogen-bond acceptors (Lipinski definition) is 4. The zero-order valence-electron chi connectivity index (χ0n) is 14.3. The number of nitrogens with zero attached hydrogens (tertiary/aromatic N) is 2. The lowest BCUT2D eigenvalue weighted by Crippen LogP contribution is -2.37. The average molecular weight is 331 g/mol. The lowest BCUT2D eigenvalue weighted by Gasteiger charge is -2.17. The van der Waals surface area contributed by atoms with Crippen molar-refractivity contribution in [2.45, 2.75) is 12.5 Å². The molecule has 1 fully saturated rings. The number of rotatable bonds is 8. The van der Waals surface area contributed by atoms with Gasteiger partial charge in [-0.15, -0.1) is 0 Å². The first-order valence-corrected chi connectivity index (χ1v) is 8.12. The summed E-state index contributed by atoms with van der Waals surface area (Å²) in [6.07, 6.45) is 3.67. The second-order valence-electron chi connectivity index (χ2n) is 6.08. The van der Waals surface area contributed by atoms with Crippen LogP contribution in [-0.2, 0) is 9.59 Å². The van der Waals surface area contributed by atoms with E-state index in [4.69, 9.17) is 4.74 Å². The molecule has 1 aliphatic heterocycles. The molecule has 1 aromatic carbocycles. The maximum atomic E-state index is 12.0. The van der Waals surface area contributed by atoms with Gasteiger partial charge in [0.05, 0.1) is 12.6 Å². The van der Waals surface area contributed by atoms with Crippen molar-refractivity contribution in [3.63, 3.8) is 0 Å². The highest BCUT2D eigenvalue weighted by atomic mass is 16.5. The van der Waals surface area contributed by atoms with Gasteiger partial charge in [-0.3, -0.25) is 9.59 Å². The fourth-order valence-corrected chi connectivity index (χ4v) is 2.50. The Bertz CT molecular complexity index is 572. The SMILES string of the molecule is CN(C)C/C=C/C(=O)NC1CC(=O)N(CCOc2ccccc2)C1. The Kier molecular flexibility index (Phi) is 6.81. The maximum Gasteiger partial charge on any atom is 0.243 e. The molecular formula is C18H25N3O3. The summed E-state index contributed by atoms with van der Waals surface area (Å²) in [5.74, 6) is 0.686. The molecule has 1 aliphatic rings. The normalized spacial score (nSPS) is 17.7. The van der Waals surface area contributed by atoms with Crippen molar-refractivity contribution >= 4 is 11.8 Å². The van der Waals surface area contributed by atoms with Crippen LogP contribution in [0.25, 0.3) is 0 Å². The first-order valence-electron chi connectivity index (χ1n) is 8.12. The Hall–Kier alpha value is -2.34. The molecular weight excluding hydrogens is 306 g/mol. The first kappa shape index (κ1) is 18.0. The van der Waals surface area contributed by atoms with E-state index in [0.29, 0.717) is 32.7 Å². The van der Waals surface area contributed by atoms with Crippen molar-refractivity contribution in [2.24, 2.45) is 0 Å². The van der Waals surface area contributed by atoms with Crippen LogP contribution in [0.4, 0.5) is 0 Å². The van der Waals surface area contributed by atoms with Gasteiger partial charge in [-0.05, 0) is 26.2 Å². The van der Waals surface area contributed by atoms with E-state index in [0.717, 1.165) is 5.75 Å². The van der Waals surface area contributed by atoms with Crippen molar-refractivity contribution in [2.75, 3.05) is 40.3 Å². The lowest BCUT2D eigenvalue weighted by atomic mass is 10.2. The van der Waals surface area contributed by atoms with E-state index in [2.05, 4.69) is 5.32 Å². The van der Waals surface area contributed by atoms with Gasteiger partial charge in [0.15, 0.2) is 0 Å². The average Bonchev–Trinajstić information content (AvgIpc) is 2.87. The molecule has 6 heteroatoms. The minimum Gasteiger partial charge on any atom is -0.492 e. The summed E-state index contributed by atoms with van der Waals surface area (Å²) >= 11 is 0. The Balaban J connectivity index is 1.70. The maximum absolute atomic E-state index is 12.0. The number of nitrogens with one attached hydrogen (secondary N) is 1. The molecule has 0 saturated carbocycles. The van der Waals surface area contributed by atoms with Crippen LogP contribution in [0, 0.1) is 0 Å². The zero-order valence-corrected chi connectivity index (χ0v) is 14.3. The zero-order chi connectivity index (χ0) is 17.4. The van der Waals surface area contributed by atoms with Gasteiger partial charge >= 0.3 is 0 Å². The van der Waals surface area contributed by atoms with Crippen LogP contribution in [0.3, 0.4) is 0 Å². The van der Waals surface area contributed by atoms with Gasteiger partial charge in [0.25, 0.3) is 0 Å². The fourth-order valence-electron chi connectivity index (χ4n) is 2.50. The summed E-state index contributed by atoms with van der Waals surface area (Å²) in [6, 6.07) is 9.38. The molecule has 6 nitrogen and oxygen atoms in total. The van der Waals surface area contributed by atoms with Gasteiger partial charge in [-0.25, -0.2) is 0 Å². The number of likely N-dealkylation sites (N-methyl/N-ethyl adjacent to an activating group) is 1. The number of para-hydroxylation sites is 1. The third-order valence-electron chi connectivity index (χ3n) is 3.67. The smallest absolute Gasteiger partial charge is 0.243 e. The van der Waals surface area contributed by atoms with Crippen molar-refractivity contribution < 1.29 is 14.3 Å². The van der Waals surface area contributed by atoms with Gasteiger partial charge in [-0.2, -0.15) is 0 Å². The van der Waals surface area contributed by atoms with Crippen LogP contribution in [0.15, 0.2) is 42.5 Å². The van der Waals surface area contributed by atoms with Gasteiger partial charge in [0.2, 0.25) is 11.8 Å². The third-order valence-corrected chi connectivity index (χ3v) is 3.67. The van der Waals surface area contributed by atoms with E-state index >= 15 is 0 Å². The van der Waals surface area contributed by atoms with E-state index < -0.39 is 0 Å². The van der Waals surface area contributed by atoms with E-state index in [-0.39, 0.29) is 17.9 Å². The summed E-state index contributed by atoms with van der Waals surface area (Å²) in [4.78, 5) is 27.5. The molecule has 0 radical (unpaired) electrons. The molecule has 2 amide bonds. The summed E-state index contributed by atoms with van der Waals surface area (Å²) in [6.45, 7) is 2.21. The van der Waals surface area contributed by atoms with Crippen molar-refractivity contribution in [3.05, 3.63) is 42.5 Å². The number of carbonyl (C=O) groups is 2. The highest BCUT2D eigenvalue weighted by Gasteiger charge is 2.29. The molecule has 0 aromatic heterocycles. The summed E-state index contributed by atoms with van der Waals surface area (Å²) in [5.41, 5.74) is 0. The van der Waals surface area contributed by atoms with Crippen LogP contribution in [0.1, 0.15) is 6.42 Å². The Morgan fingerprint density at radius 1 is 1.38 bits per heavy atom. The van der Waals surface area contributed by atoms with Crippen molar-refractivity contribution in [1.82, 2.24) is 15.1 Å². The Labute approximate surface area is 143 Å². The van der Waals surface area contributed by atoms with Crippen LogP contribution >= 0.6 is 0 Å². The molecule has 0 spiro atoms. The topological polar surface area (TPSA) is 61.9 Å². The number of amides is 2. The number of hydrogen-bond donors (Lipinski definition) is 1. The molecule has 0 aliphatic carbocycles. The predicted molar refractivity (Wildman–Crippen MR) is 92.8 cm³/mol. The second kappa shape index (κ2) is 9.08. The van der Waals surface area contributed by atoms with Gasteiger partial charge < -0.3 is 19.9 Å². The van der Waals surface area contributed by atoms with Gasteiger partial charge in [-0.1, -0.05) is 24.3 Å².